The maximum absolute atomic E-state index is 12.6. The number of phosphoric ester groups is 1. The van der Waals surface area contributed by atoms with Crippen LogP contribution in [0, 0.1) is 0 Å². The zero-order valence-corrected chi connectivity index (χ0v) is 35.9. The monoisotopic (exact) mass is 822 g/mol. The minimum atomic E-state index is -4.43. The summed E-state index contributed by atoms with van der Waals surface area (Å²) in [6.45, 7) is 3.29. The van der Waals surface area contributed by atoms with E-state index in [1.807, 2.05) is 43.4 Å². The van der Waals surface area contributed by atoms with Crippen molar-refractivity contribution in [1.29, 1.82) is 0 Å². The molecule has 0 fully saturated rings. The molecule has 0 rings (SSSR count). The van der Waals surface area contributed by atoms with Gasteiger partial charge in [-0.15, -0.1) is 0 Å². The number of ether oxygens (including phenoxy) is 2. The van der Waals surface area contributed by atoms with Gasteiger partial charge in [0.25, 0.3) is 0 Å². The van der Waals surface area contributed by atoms with Gasteiger partial charge in [-0.2, -0.15) is 0 Å². The zero-order chi connectivity index (χ0) is 42.1. The number of carbonyl (C=O) groups excluding carboxylic acids is 2. The Labute approximate surface area is 344 Å². The molecule has 0 spiro atoms. The lowest BCUT2D eigenvalue weighted by molar-refractivity contribution is -0.161. The molecule has 11 nitrogen and oxygen atoms in total. The summed E-state index contributed by atoms with van der Waals surface area (Å²) in [5.41, 5.74) is 5.33. The molecule has 1 unspecified atom stereocenters. The van der Waals surface area contributed by atoms with Gasteiger partial charge in [0.2, 0.25) is 0 Å². The average molecular weight is 822 g/mol. The number of phosphoric acid groups is 1. The lowest BCUT2D eigenvalue weighted by Gasteiger charge is -2.19. The second kappa shape index (κ2) is 39.9. The van der Waals surface area contributed by atoms with Crippen molar-refractivity contribution in [3.63, 3.8) is 0 Å². The van der Waals surface area contributed by atoms with Gasteiger partial charge in [-0.3, -0.25) is 18.6 Å². The van der Waals surface area contributed by atoms with Crippen molar-refractivity contribution in [3.05, 3.63) is 85.1 Å². The Morgan fingerprint density at radius 1 is 0.632 bits per heavy atom. The molecule has 5 N–H and O–H groups in total. The first kappa shape index (κ1) is 54.1. The number of nitrogens with two attached hydrogens (primary N) is 1. The molecular weight excluding hydrogens is 745 g/mol. The molecule has 0 aromatic rings. The fourth-order valence-corrected chi connectivity index (χ4v) is 6.01. The Bertz CT molecular complexity index is 1240. The molecule has 0 saturated carbocycles. The molecule has 0 amide bonds. The van der Waals surface area contributed by atoms with E-state index in [0.717, 1.165) is 32.1 Å². The van der Waals surface area contributed by atoms with Crippen molar-refractivity contribution in [2.75, 3.05) is 26.4 Å². The summed E-state index contributed by atoms with van der Waals surface area (Å²) in [5, 5.41) is 19.9. The summed E-state index contributed by atoms with van der Waals surface area (Å²) in [6, 6.07) is 0. The van der Waals surface area contributed by atoms with Crippen LogP contribution in [0.15, 0.2) is 85.1 Å². The van der Waals surface area contributed by atoms with Crippen molar-refractivity contribution in [2.24, 2.45) is 5.73 Å². The maximum atomic E-state index is 12.6. The normalized spacial score (nSPS) is 15.3. The number of aliphatic hydroxyl groups is 2. The highest BCUT2D eigenvalue weighted by Crippen LogP contribution is 2.43. The average Bonchev–Trinajstić information content (AvgIpc) is 3.19. The third-order valence-electron chi connectivity index (χ3n) is 8.44. The summed E-state index contributed by atoms with van der Waals surface area (Å²) in [7, 11) is -4.43. The van der Waals surface area contributed by atoms with Gasteiger partial charge in [0.15, 0.2) is 6.10 Å². The Kier molecular flexibility index (Phi) is 37.9. The number of hydrogen-bond acceptors (Lipinski definition) is 10. The molecule has 0 saturated heterocycles. The second-order valence-electron chi connectivity index (χ2n) is 13.9. The molecule has 0 aliphatic rings. The predicted molar refractivity (Wildman–Crippen MR) is 231 cm³/mol. The van der Waals surface area contributed by atoms with E-state index in [1.54, 1.807) is 36.5 Å². The summed E-state index contributed by atoms with van der Waals surface area (Å²) in [6.07, 6.45) is 42.6. The summed E-state index contributed by atoms with van der Waals surface area (Å²) in [5.74, 6) is -1.01. The molecule has 12 heteroatoms. The van der Waals surface area contributed by atoms with Gasteiger partial charge < -0.3 is 30.3 Å². The predicted octanol–water partition coefficient (Wildman–Crippen LogP) is 9.99. The molecule has 0 aromatic carbocycles. The summed E-state index contributed by atoms with van der Waals surface area (Å²) >= 11 is 0. The number of esters is 2. The van der Waals surface area contributed by atoms with Gasteiger partial charge in [0, 0.05) is 19.4 Å². The number of aliphatic hydroxyl groups excluding tert-OH is 2. The van der Waals surface area contributed by atoms with Gasteiger partial charge >= 0.3 is 19.8 Å². The first-order chi connectivity index (χ1) is 27.6. The molecule has 57 heavy (non-hydrogen) atoms. The zero-order valence-electron chi connectivity index (χ0n) is 35.0. The van der Waals surface area contributed by atoms with Crippen LogP contribution in [0.4, 0.5) is 0 Å². The van der Waals surface area contributed by atoms with Gasteiger partial charge in [-0.25, -0.2) is 4.57 Å². The largest absolute Gasteiger partial charge is 0.472 e. The molecular formula is C45H76NO10P. The number of carbonyl (C=O) groups is 2. The van der Waals surface area contributed by atoms with Crippen molar-refractivity contribution >= 4 is 19.8 Å². The number of unbranched alkanes of at least 4 members (excludes halogenated alkanes) is 11. The highest BCUT2D eigenvalue weighted by Gasteiger charge is 2.25. The highest BCUT2D eigenvalue weighted by molar-refractivity contribution is 7.47. The van der Waals surface area contributed by atoms with Crippen LogP contribution in [-0.2, 0) is 32.7 Å². The van der Waals surface area contributed by atoms with E-state index in [4.69, 9.17) is 24.3 Å². The van der Waals surface area contributed by atoms with Crippen LogP contribution in [0.3, 0.4) is 0 Å². The fourth-order valence-electron chi connectivity index (χ4n) is 5.24. The Balaban J connectivity index is 4.44. The van der Waals surface area contributed by atoms with Crippen molar-refractivity contribution in [1.82, 2.24) is 0 Å². The van der Waals surface area contributed by atoms with Gasteiger partial charge in [0.1, 0.15) is 6.61 Å². The lowest BCUT2D eigenvalue weighted by atomic mass is 10.1. The van der Waals surface area contributed by atoms with Crippen molar-refractivity contribution in [3.8, 4) is 0 Å². The van der Waals surface area contributed by atoms with E-state index < -0.39 is 44.7 Å². The molecule has 0 aliphatic heterocycles. The topological polar surface area (TPSA) is 175 Å². The highest BCUT2D eigenvalue weighted by atomic mass is 31.2. The van der Waals surface area contributed by atoms with E-state index in [0.29, 0.717) is 32.1 Å². The summed E-state index contributed by atoms with van der Waals surface area (Å²) < 4.78 is 32.6. The minimum Gasteiger partial charge on any atom is -0.462 e. The van der Waals surface area contributed by atoms with E-state index in [1.165, 1.54) is 51.4 Å². The Morgan fingerprint density at radius 2 is 1.19 bits per heavy atom. The molecule has 326 valence electrons. The number of rotatable bonds is 38. The van der Waals surface area contributed by atoms with Crippen LogP contribution in [0.2, 0.25) is 0 Å². The first-order valence-corrected chi connectivity index (χ1v) is 22.8. The first-order valence-electron chi connectivity index (χ1n) is 21.3. The third-order valence-corrected chi connectivity index (χ3v) is 9.43. The Morgan fingerprint density at radius 3 is 1.81 bits per heavy atom. The molecule has 0 radical (unpaired) electrons. The van der Waals surface area contributed by atoms with Crippen molar-refractivity contribution < 1.29 is 47.8 Å². The molecule has 0 bridgehead atoms. The van der Waals surface area contributed by atoms with E-state index in [9.17, 15) is 29.3 Å². The van der Waals surface area contributed by atoms with Crippen LogP contribution in [0.25, 0.3) is 0 Å². The van der Waals surface area contributed by atoms with Gasteiger partial charge in [-0.05, 0) is 64.2 Å². The Hall–Kier alpha value is -2.89. The quantitative estimate of drug-likeness (QED) is 0.0153. The van der Waals surface area contributed by atoms with Gasteiger partial charge in [0.05, 0.1) is 25.4 Å². The summed E-state index contributed by atoms with van der Waals surface area (Å²) in [4.78, 5) is 34.8. The van der Waals surface area contributed by atoms with Crippen LogP contribution < -0.4 is 5.73 Å². The third kappa shape index (κ3) is 39.7. The smallest absolute Gasteiger partial charge is 0.462 e. The van der Waals surface area contributed by atoms with Crippen molar-refractivity contribution in [2.45, 2.75) is 161 Å². The van der Waals surface area contributed by atoms with Crippen LogP contribution in [0.5, 0.6) is 0 Å². The lowest BCUT2D eigenvalue weighted by Crippen LogP contribution is -2.29. The molecule has 0 aromatic heterocycles. The van der Waals surface area contributed by atoms with Crippen LogP contribution >= 0.6 is 7.82 Å². The molecule has 4 atom stereocenters. The maximum Gasteiger partial charge on any atom is 0.472 e. The van der Waals surface area contributed by atoms with Crippen LogP contribution in [-0.4, -0.2) is 71.7 Å². The minimum absolute atomic E-state index is 0.0190. The second-order valence-corrected chi connectivity index (χ2v) is 15.3. The SMILES string of the molecule is CC/C=C\C[C@H](O)/C=C/C=C\C=C\[C@H](O)C/C=C\C/C=C\CCC(=O)O[C@H](COC(=O)CCCCCCCCC/C=C\CCCCCC)COP(=O)(O)OCCN. The number of allylic oxidation sites excluding steroid dienone is 10. The molecule has 0 heterocycles. The number of hydrogen-bond donors (Lipinski definition) is 4. The van der Waals surface area contributed by atoms with E-state index in [-0.39, 0.29) is 32.6 Å². The van der Waals surface area contributed by atoms with E-state index in [2.05, 4.69) is 19.1 Å². The molecule has 0 aliphatic carbocycles. The standard InChI is InChI=1S/C45H76NO10P/c1-3-5-7-8-9-10-11-12-13-14-15-16-17-21-29-35-44(49)53-39-43(40-55-57(51,52)54-38-37-46)56-45(50)36-30-22-19-18-20-26-32-42(48)34-28-24-23-27-33-41(47)31-25-6-4-2/h6,10-11,19-20,22-28,33-34,41-43,47-48H,3-5,7-9,12-18,21,29-32,35-40,46H2,1-2H3,(H,51,52)/b11-10-,22-19-,24-23-,25-6-,26-20-,33-27+,34-28+/t41-,42+,43+/m0/s1. The van der Waals surface area contributed by atoms with Crippen LogP contribution in [0.1, 0.15) is 142 Å². The fraction of sp³-hybridized carbons (Fsp3) is 0.644. The van der Waals surface area contributed by atoms with Gasteiger partial charge in [-0.1, -0.05) is 150 Å². The van der Waals surface area contributed by atoms with E-state index >= 15 is 0 Å².